The summed E-state index contributed by atoms with van der Waals surface area (Å²) in [5.74, 6) is 0. The predicted molar refractivity (Wildman–Crippen MR) is 78.2 cm³/mol. The summed E-state index contributed by atoms with van der Waals surface area (Å²) in [6.07, 6.45) is 0. The summed E-state index contributed by atoms with van der Waals surface area (Å²) in [6.45, 7) is 4.35. The summed E-state index contributed by atoms with van der Waals surface area (Å²) in [6, 6.07) is 17.5. The Hall–Kier alpha value is -1.82. The molecular formula is C17H18. The first-order valence-electron chi connectivity index (χ1n) is 5.65. The van der Waals surface area contributed by atoms with Gasteiger partial charge in [0.05, 0.1) is 0 Å². The second-order valence-electron chi connectivity index (χ2n) is 4.50. The van der Waals surface area contributed by atoms with Crippen LogP contribution in [0.3, 0.4) is 0 Å². The molecule has 0 nitrogen and oxygen atoms in total. The van der Waals surface area contributed by atoms with E-state index in [1.807, 2.05) is 0 Å². The van der Waals surface area contributed by atoms with Crippen LogP contribution in [0.25, 0.3) is 27.1 Å². The van der Waals surface area contributed by atoms with Gasteiger partial charge < -0.3 is 0 Å². The average molecular weight is 222 g/mol. The highest BCUT2D eigenvalue weighted by molar-refractivity contribution is 6.10. The van der Waals surface area contributed by atoms with Crippen molar-refractivity contribution in [3.63, 3.8) is 0 Å². The van der Waals surface area contributed by atoms with Crippen molar-refractivity contribution < 1.29 is 0 Å². The molecule has 3 aromatic carbocycles. The third kappa shape index (κ3) is 1.70. The van der Waals surface area contributed by atoms with E-state index in [1.54, 1.807) is 0 Å². The lowest BCUT2D eigenvalue weighted by Gasteiger charge is -2.06. The van der Waals surface area contributed by atoms with Gasteiger partial charge in [0.1, 0.15) is 0 Å². The second kappa shape index (κ2) is 4.21. The van der Waals surface area contributed by atoms with Crippen molar-refractivity contribution in [1.29, 1.82) is 0 Å². The molecule has 0 aliphatic carbocycles. The van der Waals surface area contributed by atoms with Crippen molar-refractivity contribution in [3.05, 3.63) is 53.7 Å². The highest BCUT2D eigenvalue weighted by Crippen LogP contribution is 2.24. The molecule has 0 N–H and O–H groups in total. The van der Waals surface area contributed by atoms with Gasteiger partial charge in [0.25, 0.3) is 0 Å². The molecule has 0 aromatic heterocycles. The monoisotopic (exact) mass is 222 g/mol. The van der Waals surface area contributed by atoms with Gasteiger partial charge in [-0.3, -0.25) is 0 Å². The number of hydrogen-bond donors (Lipinski definition) is 0. The van der Waals surface area contributed by atoms with Crippen LogP contribution >= 0.6 is 0 Å². The molecule has 0 atom stereocenters. The molecule has 0 saturated heterocycles. The Kier molecular flexibility index (Phi) is 2.89. The van der Waals surface area contributed by atoms with E-state index in [0.29, 0.717) is 0 Å². The molecule has 0 heteroatoms. The summed E-state index contributed by atoms with van der Waals surface area (Å²) in [5.41, 5.74) is 1.37. The molecule has 3 rings (SSSR count). The molecule has 0 radical (unpaired) electrons. The summed E-state index contributed by atoms with van der Waals surface area (Å²) in [4.78, 5) is 0. The van der Waals surface area contributed by atoms with Crippen molar-refractivity contribution in [2.45, 2.75) is 21.3 Å². The smallest absolute Gasteiger partial charge is 0.00329 e. The molecule has 0 fully saturated rings. The van der Waals surface area contributed by atoms with Crippen molar-refractivity contribution in [2.24, 2.45) is 0 Å². The molecule has 0 aliphatic rings. The Morgan fingerprint density at radius 2 is 1.35 bits per heavy atom. The van der Waals surface area contributed by atoms with E-state index in [2.05, 4.69) is 62.4 Å². The van der Waals surface area contributed by atoms with E-state index in [4.69, 9.17) is 0 Å². The highest BCUT2D eigenvalue weighted by Gasteiger charge is 2.02. The van der Waals surface area contributed by atoms with E-state index in [0.717, 1.165) is 0 Å². The maximum atomic E-state index is 2.23. The Bertz CT molecular complexity index is 693. The number of hydrogen-bond acceptors (Lipinski definition) is 0. The van der Waals surface area contributed by atoms with E-state index < -0.39 is 0 Å². The summed E-state index contributed by atoms with van der Waals surface area (Å²) >= 11 is 0. The molecule has 0 aliphatic heterocycles. The molecule has 0 spiro atoms. The standard InChI is InChI=1S/C16H14.CH4/c1-11(2)14-10-9-13-6-3-5-12-7-4-8-15(14)16(12)13;/h3-10H,1-2H3;1H4. The fraction of sp³-hybridized carbons (Fsp3) is 0.176. The van der Waals surface area contributed by atoms with Crippen LogP contribution in [0.15, 0.2) is 48.5 Å². The first-order chi connectivity index (χ1) is 7.77. The summed E-state index contributed by atoms with van der Waals surface area (Å²) in [5, 5.41) is 6.79. The predicted octanol–water partition coefficient (Wildman–Crippen LogP) is 4.54. The van der Waals surface area contributed by atoms with Gasteiger partial charge in [0, 0.05) is 0 Å². The third-order valence-electron chi connectivity index (χ3n) is 3.20. The molecule has 0 unspecified atom stereocenters. The molecule has 0 saturated carbocycles. The lowest BCUT2D eigenvalue weighted by atomic mass is 9.98. The minimum atomic E-state index is 0. The molecule has 17 heavy (non-hydrogen) atoms. The molecule has 0 heterocycles. The fourth-order valence-corrected chi connectivity index (χ4v) is 2.43. The van der Waals surface area contributed by atoms with Crippen LogP contribution in [-0.2, 0) is 0 Å². The van der Waals surface area contributed by atoms with Gasteiger partial charge in [-0.1, -0.05) is 61.5 Å². The van der Waals surface area contributed by atoms with Gasteiger partial charge in [-0.05, 0) is 40.6 Å². The third-order valence-corrected chi connectivity index (χ3v) is 3.20. The maximum absolute atomic E-state index is 2.23. The highest BCUT2D eigenvalue weighted by atomic mass is 14.1. The van der Waals surface area contributed by atoms with Crippen LogP contribution in [0, 0.1) is 0 Å². The van der Waals surface area contributed by atoms with Gasteiger partial charge in [0.15, 0.2) is 0 Å². The van der Waals surface area contributed by atoms with Crippen LogP contribution in [0.2, 0.25) is 0 Å². The molecule has 0 amide bonds. The van der Waals surface area contributed by atoms with E-state index >= 15 is 0 Å². The van der Waals surface area contributed by atoms with Crippen LogP contribution in [-0.4, -0.2) is 0 Å². The summed E-state index contributed by atoms with van der Waals surface area (Å²) in [7, 11) is 0. The van der Waals surface area contributed by atoms with Crippen LogP contribution in [0.4, 0.5) is 0 Å². The largest absolute Gasteiger partial charge is 0.0776 e. The van der Waals surface area contributed by atoms with Gasteiger partial charge >= 0.3 is 0 Å². The van der Waals surface area contributed by atoms with Crippen molar-refractivity contribution in [1.82, 2.24) is 0 Å². The molecular weight excluding hydrogens is 204 g/mol. The minimum absolute atomic E-state index is 0. The zero-order valence-corrected chi connectivity index (χ0v) is 9.62. The Morgan fingerprint density at radius 1 is 0.765 bits per heavy atom. The van der Waals surface area contributed by atoms with Crippen molar-refractivity contribution in [3.8, 4) is 0 Å². The lowest BCUT2D eigenvalue weighted by Crippen LogP contribution is -2.04. The van der Waals surface area contributed by atoms with Gasteiger partial charge in [-0.15, -0.1) is 0 Å². The number of rotatable bonds is 0. The van der Waals surface area contributed by atoms with Gasteiger partial charge in [-0.2, -0.15) is 0 Å². The van der Waals surface area contributed by atoms with Crippen molar-refractivity contribution >= 4 is 27.1 Å². The Labute approximate surface area is 103 Å². The fourth-order valence-electron chi connectivity index (χ4n) is 2.43. The average Bonchev–Trinajstić information content (AvgIpc) is 2.30. The van der Waals surface area contributed by atoms with E-state index in [9.17, 15) is 0 Å². The quantitative estimate of drug-likeness (QED) is 0.524. The SMILES string of the molecule is C.CC(C)=c1ccc2cccc3cccc1c32. The summed E-state index contributed by atoms with van der Waals surface area (Å²) < 4.78 is 0. The molecule has 0 bridgehead atoms. The van der Waals surface area contributed by atoms with E-state index in [-0.39, 0.29) is 7.43 Å². The lowest BCUT2D eigenvalue weighted by molar-refractivity contribution is 1.54. The zero-order valence-electron chi connectivity index (χ0n) is 9.62. The number of benzene rings is 3. The normalized spacial score (nSPS) is 10.5. The Morgan fingerprint density at radius 3 is 2.00 bits per heavy atom. The van der Waals surface area contributed by atoms with Crippen molar-refractivity contribution in [2.75, 3.05) is 0 Å². The first-order valence-corrected chi connectivity index (χ1v) is 5.65. The van der Waals surface area contributed by atoms with Gasteiger partial charge in [-0.25, -0.2) is 0 Å². The van der Waals surface area contributed by atoms with Gasteiger partial charge in [0.2, 0.25) is 0 Å². The topological polar surface area (TPSA) is 0 Å². The minimum Gasteiger partial charge on any atom is -0.0776 e. The zero-order chi connectivity index (χ0) is 11.1. The Balaban J connectivity index is 0.00000108. The van der Waals surface area contributed by atoms with Crippen LogP contribution < -0.4 is 5.22 Å². The molecule has 3 aromatic rings. The van der Waals surface area contributed by atoms with Crippen LogP contribution in [0.1, 0.15) is 21.3 Å². The van der Waals surface area contributed by atoms with Crippen LogP contribution in [0.5, 0.6) is 0 Å². The second-order valence-corrected chi connectivity index (χ2v) is 4.50. The first kappa shape index (κ1) is 11.7. The maximum Gasteiger partial charge on any atom is -0.00329 e. The van der Waals surface area contributed by atoms with E-state index in [1.165, 1.54) is 32.3 Å². The molecule has 86 valence electrons.